The molecule has 0 bridgehead atoms. The minimum absolute atomic E-state index is 0.119. The highest BCUT2D eigenvalue weighted by Crippen LogP contribution is 2.25. The summed E-state index contributed by atoms with van der Waals surface area (Å²) >= 11 is 0. The number of likely N-dealkylation sites (tertiary alicyclic amines) is 1. The highest BCUT2D eigenvalue weighted by atomic mass is 19.1. The van der Waals surface area contributed by atoms with E-state index in [1.165, 1.54) is 11.1 Å². The van der Waals surface area contributed by atoms with Crippen LogP contribution in [0.2, 0.25) is 0 Å². The topological polar surface area (TPSA) is 135 Å². The second-order valence-electron chi connectivity index (χ2n) is 8.61. The number of anilines is 3. The van der Waals surface area contributed by atoms with Crippen LogP contribution in [-0.4, -0.2) is 62.8 Å². The maximum Gasteiger partial charge on any atom is 0.410 e. The number of nitrogens with zero attached hydrogens (tertiary/aromatic N) is 4. The molecule has 2 atom stereocenters. The molecule has 0 radical (unpaired) electrons. The van der Waals surface area contributed by atoms with Gasteiger partial charge in [-0.3, -0.25) is 4.79 Å². The molecule has 1 aliphatic heterocycles. The summed E-state index contributed by atoms with van der Waals surface area (Å²) in [4.78, 5) is 38.0. The molecule has 0 aliphatic carbocycles. The molecule has 0 aromatic carbocycles. The van der Waals surface area contributed by atoms with Crippen molar-refractivity contribution in [2.24, 2.45) is 5.73 Å². The van der Waals surface area contributed by atoms with Gasteiger partial charge in [0.2, 0.25) is 5.95 Å². The third kappa shape index (κ3) is 6.02. The van der Waals surface area contributed by atoms with Crippen LogP contribution in [0.15, 0.2) is 24.5 Å². The first-order valence-corrected chi connectivity index (χ1v) is 10.3. The Morgan fingerprint density at radius 3 is 2.69 bits per heavy atom. The van der Waals surface area contributed by atoms with Crippen molar-refractivity contribution in [3.8, 4) is 0 Å². The number of hydrogen-bond acceptors (Lipinski definition) is 8. The summed E-state index contributed by atoms with van der Waals surface area (Å²) in [6, 6.07) is 2.68. The van der Waals surface area contributed by atoms with E-state index in [-0.39, 0.29) is 12.1 Å². The Kier molecular flexibility index (Phi) is 6.75. The smallest absolute Gasteiger partial charge is 0.410 e. The number of carbonyl (C=O) groups is 2. The van der Waals surface area contributed by atoms with E-state index in [2.05, 4.69) is 25.6 Å². The van der Waals surface area contributed by atoms with E-state index in [9.17, 15) is 14.0 Å². The Labute approximate surface area is 185 Å². The molecular formula is C21H28FN7O3. The van der Waals surface area contributed by atoms with Gasteiger partial charge in [-0.1, -0.05) is 0 Å². The second-order valence-corrected chi connectivity index (χ2v) is 8.61. The van der Waals surface area contributed by atoms with Gasteiger partial charge < -0.3 is 26.0 Å². The molecule has 2 aromatic rings. The van der Waals surface area contributed by atoms with Crippen LogP contribution < -0.4 is 16.4 Å². The lowest BCUT2D eigenvalue weighted by Crippen LogP contribution is -2.51. The number of pyridine rings is 1. The summed E-state index contributed by atoms with van der Waals surface area (Å²) < 4.78 is 20.2. The van der Waals surface area contributed by atoms with Crippen molar-refractivity contribution in [2.75, 3.05) is 23.7 Å². The van der Waals surface area contributed by atoms with Crippen LogP contribution in [0.3, 0.4) is 0 Å². The molecule has 0 unspecified atom stereocenters. The molecule has 1 fully saturated rings. The van der Waals surface area contributed by atoms with Gasteiger partial charge in [-0.15, -0.1) is 0 Å². The lowest BCUT2D eigenvalue weighted by Gasteiger charge is -2.36. The van der Waals surface area contributed by atoms with Crippen molar-refractivity contribution in [1.82, 2.24) is 19.9 Å². The largest absolute Gasteiger partial charge is 0.444 e. The van der Waals surface area contributed by atoms with Crippen molar-refractivity contribution in [3.05, 3.63) is 35.8 Å². The van der Waals surface area contributed by atoms with Gasteiger partial charge in [0.25, 0.3) is 5.91 Å². The summed E-state index contributed by atoms with van der Waals surface area (Å²) in [5.74, 6) is 0.00830. The predicted octanol–water partition coefficient (Wildman–Crippen LogP) is 2.78. The van der Waals surface area contributed by atoms with Crippen LogP contribution in [0.25, 0.3) is 0 Å². The molecule has 3 rings (SSSR count). The number of rotatable bonds is 5. The number of hydrogen-bond donors (Lipinski definition) is 3. The summed E-state index contributed by atoms with van der Waals surface area (Å²) in [6.07, 6.45) is 1.32. The first-order chi connectivity index (χ1) is 15.0. The predicted molar refractivity (Wildman–Crippen MR) is 118 cm³/mol. The molecule has 2 aromatic heterocycles. The quantitative estimate of drug-likeness (QED) is 0.639. The molecule has 172 valence electrons. The molecule has 0 spiro atoms. The highest BCUT2D eigenvalue weighted by molar-refractivity contribution is 5.98. The number of aryl methyl sites for hydroxylation is 1. The van der Waals surface area contributed by atoms with Crippen molar-refractivity contribution >= 4 is 29.5 Å². The van der Waals surface area contributed by atoms with Gasteiger partial charge in [0, 0.05) is 30.7 Å². The van der Waals surface area contributed by atoms with Gasteiger partial charge in [-0.25, -0.2) is 24.1 Å². The zero-order chi connectivity index (χ0) is 23.5. The van der Waals surface area contributed by atoms with Gasteiger partial charge in [-0.05, 0) is 40.2 Å². The Morgan fingerprint density at radius 1 is 1.31 bits per heavy atom. The van der Waals surface area contributed by atoms with Gasteiger partial charge in [0.1, 0.15) is 17.6 Å². The summed E-state index contributed by atoms with van der Waals surface area (Å²) in [7, 11) is 0. The number of aromatic nitrogens is 3. The number of carbonyl (C=O) groups excluding carboxylic acids is 2. The third-order valence-electron chi connectivity index (χ3n) is 4.74. The number of halogens is 1. The fourth-order valence-corrected chi connectivity index (χ4v) is 3.22. The molecule has 32 heavy (non-hydrogen) atoms. The first kappa shape index (κ1) is 23.2. The fraction of sp³-hybridized carbons (Fsp3) is 0.476. The maximum atomic E-state index is 14.9. The molecule has 4 N–H and O–H groups in total. The molecule has 10 nitrogen and oxygen atoms in total. The highest BCUT2D eigenvalue weighted by Gasteiger charge is 2.34. The number of amides is 2. The van der Waals surface area contributed by atoms with Crippen molar-refractivity contribution in [3.63, 3.8) is 0 Å². The van der Waals surface area contributed by atoms with Gasteiger partial charge in [0.05, 0.1) is 23.8 Å². The summed E-state index contributed by atoms with van der Waals surface area (Å²) in [5.41, 5.74) is 6.04. The molecule has 11 heteroatoms. The Bertz CT molecular complexity index is 996. The summed E-state index contributed by atoms with van der Waals surface area (Å²) in [5, 5.41) is 6.01. The number of ether oxygens (including phenoxy) is 1. The van der Waals surface area contributed by atoms with Crippen LogP contribution in [0.1, 0.15) is 43.2 Å². The molecular weight excluding hydrogens is 417 g/mol. The number of piperidine rings is 1. The van der Waals surface area contributed by atoms with Crippen LogP contribution in [0, 0.1) is 6.92 Å². The first-order valence-electron chi connectivity index (χ1n) is 10.3. The lowest BCUT2D eigenvalue weighted by molar-refractivity contribution is 0.0125. The van der Waals surface area contributed by atoms with Crippen molar-refractivity contribution in [1.29, 1.82) is 0 Å². The molecule has 1 aliphatic rings. The molecule has 3 heterocycles. The van der Waals surface area contributed by atoms with E-state index in [1.807, 2.05) is 6.92 Å². The standard InChI is InChI=1S/C21H28FN7O3/c1-12-5-7-24-19(26-12)28-17-9-16(13(10-25-17)18(23)30)27-15-6-8-29(11-14(15)22)20(31)32-21(2,3)4/h5,7,9-10,14-15H,6,8,11H2,1-4H3,(H2,23,30)(H2,24,25,26,27,28)/t14-,15+/m0/s1. The second kappa shape index (κ2) is 9.33. The van der Waals surface area contributed by atoms with Gasteiger partial charge in [-0.2, -0.15) is 0 Å². The van der Waals surface area contributed by atoms with E-state index in [0.717, 1.165) is 5.69 Å². The van der Waals surface area contributed by atoms with E-state index in [1.54, 1.807) is 39.1 Å². The summed E-state index contributed by atoms with van der Waals surface area (Å²) in [6.45, 7) is 7.30. The van der Waals surface area contributed by atoms with Gasteiger partial charge >= 0.3 is 6.09 Å². The van der Waals surface area contributed by atoms with Crippen molar-refractivity contribution < 1.29 is 18.7 Å². The van der Waals surface area contributed by atoms with Crippen LogP contribution in [-0.2, 0) is 4.74 Å². The Balaban J connectivity index is 1.73. The number of nitrogens with two attached hydrogens (primary N) is 1. The van der Waals surface area contributed by atoms with Crippen LogP contribution >= 0.6 is 0 Å². The number of primary amides is 1. The van der Waals surface area contributed by atoms with E-state index >= 15 is 0 Å². The van der Waals surface area contributed by atoms with E-state index < -0.39 is 29.8 Å². The number of nitrogens with one attached hydrogen (secondary N) is 2. The minimum Gasteiger partial charge on any atom is -0.444 e. The molecule has 1 saturated heterocycles. The normalized spacial score (nSPS) is 18.7. The minimum atomic E-state index is -1.37. The maximum absolute atomic E-state index is 14.9. The van der Waals surface area contributed by atoms with E-state index in [0.29, 0.717) is 30.4 Å². The van der Waals surface area contributed by atoms with Crippen LogP contribution in [0.4, 0.5) is 26.6 Å². The third-order valence-corrected chi connectivity index (χ3v) is 4.74. The fourth-order valence-electron chi connectivity index (χ4n) is 3.22. The monoisotopic (exact) mass is 445 g/mol. The lowest BCUT2D eigenvalue weighted by atomic mass is 10.0. The Hall–Kier alpha value is -3.50. The molecule has 0 saturated carbocycles. The average Bonchev–Trinajstić information content (AvgIpc) is 2.68. The average molecular weight is 445 g/mol. The molecule has 2 amide bonds. The SMILES string of the molecule is Cc1ccnc(Nc2cc(N[C@@H]3CCN(C(=O)OC(C)(C)C)C[C@@H]3F)c(C(N)=O)cn2)n1. The Morgan fingerprint density at radius 2 is 2.06 bits per heavy atom. The zero-order valence-electron chi connectivity index (χ0n) is 18.6. The van der Waals surface area contributed by atoms with Crippen LogP contribution in [0.5, 0.6) is 0 Å². The van der Waals surface area contributed by atoms with Gasteiger partial charge in [0.15, 0.2) is 0 Å². The van der Waals surface area contributed by atoms with E-state index in [4.69, 9.17) is 10.5 Å². The zero-order valence-corrected chi connectivity index (χ0v) is 18.6. The van der Waals surface area contributed by atoms with Crippen molar-refractivity contribution in [2.45, 2.75) is 51.9 Å². The number of alkyl halides is 1.